The van der Waals surface area contributed by atoms with Crippen LogP contribution in [-0.2, 0) is 14.3 Å². The Kier molecular flexibility index (Phi) is 7.15. The first-order valence-electron chi connectivity index (χ1n) is 9.36. The van der Waals surface area contributed by atoms with Crippen molar-refractivity contribution in [2.75, 3.05) is 46.5 Å². The number of likely N-dealkylation sites (N-methyl/N-ethyl adjacent to an activating group) is 1. The molecule has 2 atom stereocenters. The molecule has 8 nitrogen and oxygen atoms in total. The molecular weight excluding hydrogens is 350 g/mol. The smallest absolute Gasteiger partial charge is 0.340 e. The Morgan fingerprint density at radius 2 is 1.89 bits per heavy atom. The van der Waals surface area contributed by atoms with E-state index in [0.717, 1.165) is 4.90 Å². The summed E-state index contributed by atoms with van der Waals surface area (Å²) in [4.78, 5) is 43.1. The number of morpholine rings is 1. The lowest BCUT2D eigenvalue weighted by atomic mass is 10.0. The number of aryl methyl sites for hydroxylation is 1. The van der Waals surface area contributed by atoms with Crippen molar-refractivity contribution in [2.45, 2.75) is 33.7 Å². The van der Waals surface area contributed by atoms with E-state index in [1.54, 1.807) is 32.6 Å². The molecule has 0 aromatic carbocycles. The van der Waals surface area contributed by atoms with E-state index in [-0.39, 0.29) is 24.8 Å². The number of amides is 1. The molecule has 0 aliphatic carbocycles. The third kappa shape index (κ3) is 4.75. The molecule has 1 aromatic heterocycles. The van der Waals surface area contributed by atoms with Crippen LogP contribution in [0.5, 0.6) is 0 Å². The van der Waals surface area contributed by atoms with Crippen LogP contribution in [0.25, 0.3) is 0 Å². The van der Waals surface area contributed by atoms with Crippen molar-refractivity contribution in [1.82, 2.24) is 9.88 Å². The molecule has 27 heavy (non-hydrogen) atoms. The molecule has 1 aliphatic heterocycles. The maximum absolute atomic E-state index is 13.0. The standard InChI is InChI=1S/C19H29N3O5/c1-6-27-19(25)16-12(2)17(20-13(16)3)18(24)14(4)21(5)11-15(23)22-7-9-26-10-8-22/h14,20H,6-11H2,1-5H3/p+1/t14-/m0/s1. The highest BCUT2D eigenvalue weighted by atomic mass is 16.5. The van der Waals surface area contributed by atoms with Crippen LogP contribution >= 0.6 is 0 Å². The van der Waals surface area contributed by atoms with Gasteiger partial charge in [0.15, 0.2) is 12.6 Å². The number of nitrogens with one attached hydrogen (secondary N) is 2. The molecule has 1 amide bonds. The van der Waals surface area contributed by atoms with Gasteiger partial charge in [0.05, 0.1) is 38.1 Å². The second kappa shape index (κ2) is 9.14. The lowest BCUT2D eigenvalue weighted by molar-refractivity contribution is -0.885. The summed E-state index contributed by atoms with van der Waals surface area (Å²) in [5, 5.41) is 0. The summed E-state index contributed by atoms with van der Waals surface area (Å²) in [6, 6.07) is -0.429. The summed E-state index contributed by atoms with van der Waals surface area (Å²) < 4.78 is 10.3. The van der Waals surface area contributed by atoms with Crippen LogP contribution in [0.2, 0.25) is 0 Å². The summed E-state index contributed by atoms with van der Waals surface area (Å²) in [5.74, 6) is -0.542. The van der Waals surface area contributed by atoms with Gasteiger partial charge in [-0.25, -0.2) is 4.79 Å². The van der Waals surface area contributed by atoms with Crippen molar-refractivity contribution in [2.24, 2.45) is 0 Å². The summed E-state index contributed by atoms with van der Waals surface area (Å²) >= 11 is 0. The average Bonchev–Trinajstić information content (AvgIpc) is 2.95. The van der Waals surface area contributed by atoms with Gasteiger partial charge in [-0.05, 0) is 33.3 Å². The number of H-pyrrole nitrogens is 1. The predicted molar refractivity (Wildman–Crippen MR) is 99.2 cm³/mol. The molecule has 150 valence electrons. The number of hydrogen-bond donors (Lipinski definition) is 2. The topological polar surface area (TPSA) is 93.1 Å². The fraction of sp³-hybridized carbons (Fsp3) is 0.632. The van der Waals surface area contributed by atoms with Crippen molar-refractivity contribution in [3.05, 3.63) is 22.5 Å². The number of ether oxygens (including phenoxy) is 2. The highest BCUT2D eigenvalue weighted by molar-refractivity contribution is 6.03. The number of ketones is 1. The lowest BCUT2D eigenvalue weighted by Gasteiger charge is -2.28. The third-order valence-electron chi connectivity index (χ3n) is 5.09. The number of esters is 1. The highest BCUT2D eigenvalue weighted by Crippen LogP contribution is 2.20. The van der Waals surface area contributed by atoms with E-state index in [9.17, 15) is 14.4 Å². The molecule has 0 bridgehead atoms. The van der Waals surface area contributed by atoms with Gasteiger partial charge in [0.1, 0.15) is 0 Å². The van der Waals surface area contributed by atoms with Gasteiger partial charge in [0.25, 0.3) is 5.91 Å². The average molecular weight is 380 g/mol. The molecule has 2 rings (SSSR count). The van der Waals surface area contributed by atoms with Crippen LogP contribution in [0.4, 0.5) is 0 Å². The molecule has 0 radical (unpaired) electrons. The van der Waals surface area contributed by atoms with Crippen LogP contribution < -0.4 is 4.90 Å². The molecule has 2 heterocycles. The molecule has 1 aromatic rings. The monoisotopic (exact) mass is 380 g/mol. The number of aromatic amines is 1. The number of nitrogens with zero attached hydrogens (tertiary/aromatic N) is 1. The molecule has 8 heteroatoms. The molecule has 1 aliphatic rings. The first kappa shape index (κ1) is 21.1. The Hall–Kier alpha value is -2.19. The number of hydrogen-bond acceptors (Lipinski definition) is 5. The van der Waals surface area contributed by atoms with Crippen LogP contribution in [-0.4, -0.2) is 80.1 Å². The number of carbonyl (C=O) groups excluding carboxylic acids is 3. The largest absolute Gasteiger partial charge is 0.462 e. The van der Waals surface area contributed by atoms with Crippen molar-refractivity contribution in [3.63, 3.8) is 0 Å². The Morgan fingerprint density at radius 1 is 1.26 bits per heavy atom. The van der Waals surface area contributed by atoms with Crippen molar-refractivity contribution < 1.29 is 28.8 Å². The van der Waals surface area contributed by atoms with E-state index in [2.05, 4.69) is 4.98 Å². The van der Waals surface area contributed by atoms with E-state index in [0.29, 0.717) is 48.8 Å². The quantitative estimate of drug-likeness (QED) is 0.503. The molecule has 0 spiro atoms. The molecule has 1 unspecified atom stereocenters. The van der Waals surface area contributed by atoms with Gasteiger partial charge < -0.3 is 24.3 Å². The number of Topliss-reactive ketones (excluding diaryl/α,β-unsaturated/α-hetero) is 1. The maximum Gasteiger partial charge on any atom is 0.340 e. The number of carbonyl (C=O) groups is 3. The molecule has 0 saturated carbocycles. The lowest BCUT2D eigenvalue weighted by Crippen LogP contribution is -3.14. The molecule has 1 saturated heterocycles. The number of quaternary nitrogens is 1. The minimum absolute atomic E-state index is 0.0158. The van der Waals surface area contributed by atoms with Crippen LogP contribution in [0.15, 0.2) is 0 Å². The number of aromatic nitrogens is 1. The second-order valence-electron chi connectivity index (χ2n) is 6.95. The van der Waals surface area contributed by atoms with Gasteiger partial charge in [-0.3, -0.25) is 9.59 Å². The molecule has 1 fully saturated rings. The van der Waals surface area contributed by atoms with Gasteiger partial charge in [-0.1, -0.05) is 0 Å². The van der Waals surface area contributed by atoms with E-state index in [1.165, 1.54) is 0 Å². The Morgan fingerprint density at radius 3 is 2.48 bits per heavy atom. The molecular formula is C19H30N3O5+. The predicted octanol–water partition coefficient (Wildman–Crippen LogP) is -0.247. The minimum Gasteiger partial charge on any atom is -0.462 e. The SMILES string of the molecule is CCOC(=O)c1c(C)[nH]c(C(=O)[C@H](C)[NH+](C)CC(=O)N2CCOCC2)c1C. The zero-order valence-electron chi connectivity index (χ0n) is 16.8. The second-order valence-corrected chi connectivity index (χ2v) is 6.95. The Bertz CT molecular complexity index is 706. The zero-order valence-corrected chi connectivity index (χ0v) is 16.8. The van der Waals surface area contributed by atoms with Crippen LogP contribution in [0.1, 0.15) is 46.0 Å². The Balaban J connectivity index is 2.08. The highest BCUT2D eigenvalue weighted by Gasteiger charge is 2.31. The Labute approximate surface area is 159 Å². The fourth-order valence-electron chi connectivity index (χ4n) is 3.26. The van der Waals surface area contributed by atoms with E-state index >= 15 is 0 Å². The van der Waals surface area contributed by atoms with E-state index in [4.69, 9.17) is 9.47 Å². The van der Waals surface area contributed by atoms with Gasteiger partial charge in [0, 0.05) is 18.8 Å². The normalized spacial score (nSPS) is 16.7. The zero-order chi connectivity index (χ0) is 20.1. The van der Waals surface area contributed by atoms with Crippen molar-refractivity contribution >= 4 is 17.7 Å². The van der Waals surface area contributed by atoms with E-state index in [1.807, 2.05) is 7.05 Å². The van der Waals surface area contributed by atoms with E-state index < -0.39 is 12.0 Å². The minimum atomic E-state index is -0.432. The molecule has 2 N–H and O–H groups in total. The third-order valence-corrected chi connectivity index (χ3v) is 5.09. The fourth-order valence-corrected chi connectivity index (χ4v) is 3.26. The van der Waals surface area contributed by atoms with Gasteiger partial charge in [-0.2, -0.15) is 0 Å². The van der Waals surface area contributed by atoms with Crippen LogP contribution in [0.3, 0.4) is 0 Å². The summed E-state index contributed by atoms with van der Waals surface area (Å²) in [6.45, 7) is 9.82. The summed E-state index contributed by atoms with van der Waals surface area (Å²) in [7, 11) is 1.83. The first-order chi connectivity index (χ1) is 12.8. The number of rotatable bonds is 7. The van der Waals surface area contributed by atoms with Gasteiger partial charge >= 0.3 is 5.97 Å². The van der Waals surface area contributed by atoms with Gasteiger partial charge in [0.2, 0.25) is 5.78 Å². The first-order valence-corrected chi connectivity index (χ1v) is 9.36. The van der Waals surface area contributed by atoms with Crippen LogP contribution in [0, 0.1) is 13.8 Å². The van der Waals surface area contributed by atoms with Crippen molar-refractivity contribution in [1.29, 1.82) is 0 Å². The summed E-state index contributed by atoms with van der Waals surface area (Å²) in [5.41, 5.74) is 2.02. The van der Waals surface area contributed by atoms with Crippen molar-refractivity contribution in [3.8, 4) is 0 Å². The maximum atomic E-state index is 13.0. The summed E-state index contributed by atoms with van der Waals surface area (Å²) in [6.07, 6.45) is 0. The van der Waals surface area contributed by atoms with Gasteiger partial charge in [-0.15, -0.1) is 0 Å².